The Labute approximate surface area is 114 Å². The van der Waals surface area contributed by atoms with E-state index in [4.69, 9.17) is 0 Å². The van der Waals surface area contributed by atoms with Crippen molar-refractivity contribution in [1.29, 1.82) is 0 Å². The van der Waals surface area contributed by atoms with E-state index in [0.29, 0.717) is 0 Å². The van der Waals surface area contributed by atoms with E-state index >= 15 is 0 Å². The molecule has 0 spiro atoms. The number of benzene rings is 1. The van der Waals surface area contributed by atoms with Crippen LogP contribution in [0.2, 0.25) is 0 Å². The van der Waals surface area contributed by atoms with Gasteiger partial charge in [-0.2, -0.15) is 4.39 Å². The number of hydrogen-bond acceptors (Lipinski definition) is 5. The molecule has 1 rings (SSSR count). The van der Waals surface area contributed by atoms with Crippen molar-refractivity contribution in [2.45, 2.75) is 18.9 Å². The van der Waals surface area contributed by atoms with Crippen LogP contribution in [0.4, 0.5) is 10.1 Å². The molecule has 0 heterocycles. The van der Waals surface area contributed by atoms with Gasteiger partial charge in [0.2, 0.25) is 5.82 Å². The first-order chi connectivity index (χ1) is 9.39. The first kappa shape index (κ1) is 16.0. The molecule has 0 aromatic heterocycles. The molecule has 0 radical (unpaired) electrons. The molecule has 0 bridgehead atoms. The van der Waals surface area contributed by atoms with Gasteiger partial charge in [-0.1, -0.05) is 6.92 Å². The monoisotopic (exact) mass is 286 g/mol. The molecule has 0 atom stereocenters. The largest absolute Gasteiger partial charge is 0.394 e. The fraction of sp³-hybridized carbons (Fsp3) is 0.417. The van der Waals surface area contributed by atoms with E-state index in [1.54, 1.807) is 6.92 Å². The second kappa shape index (κ2) is 6.40. The number of carbonyl (C=O) groups is 1. The number of rotatable bonds is 6. The second-order valence-electron chi connectivity index (χ2n) is 4.33. The standard InChI is InChI=1S/C12H15FN2O5/c1-2-12(6-16,7-17)14-11(18)8-3-4-10(15(19)20)9(13)5-8/h3-5,16-17H,2,6-7H2,1H3,(H,14,18). The topological polar surface area (TPSA) is 113 Å². The van der Waals surface area contributed by atoms with E-state index in [2.05, 4.69) is 5.32 Å². The van der Waals surface area contributed by atoms with Crippen LogP contribution in [-0.2, 0) is 0 Å². The van der Waals surface area contributed by atoms with Crippen LogP contribution in [0.25, 0.3) is 0 Å². The summed E-state index contributed by atoms with van der Waals surface area (Å²) in [6.45, 7) is 0.686. The van der Waals surface area contributed by atoms with Gasteiger partial charge in [0.15, 0.2) is 0 Å². The second-order valence-corrected chi connectivity index (χ2v) is 4.33. The number of nitro groups is 1. The van der Waals surface area contributed by atoms with Crippen LogP contribution in [0.15, 0.2) is 18.2 Å². The number of amides is 1. The van der Waals surface area contributed by atoms with Gasteiger partial charge in [-0.15, -0.1) is 0 Å². The van der Waals surface area contributed by atoms with Crippen molar-refractivity contribution in [3.05, 3.63) is 39.7 Å². The minimum atomic E-state index is -1.21. The van der Waals surface area contributed by atoms with Gasteiger partial charge >= 0.3 is 5.69 Å². The first-order valence-corrected chi connectivity index (χ1v) is 5.87. The van der Waals surface area contributed by atoms with Gasteiger partial charge in [0.1, 0.15) is 0 Å². The highest BCUT2D eigenvalue weighted by molar-refractivity contribution is 5.95. The lowest BCUT2D eigenvalue weighted by Crippen LogP contribution is -2.53. The molecule has 0 unspecified atom stereocenters. The van der Waals surface area contributed by atoms with E-state index in [1.807, 2.05) is 0 Å². The summed E-state index contributed by atoms with van der Waals surface area (Å²) in [6, 6.07) is 2.73. The van der Waals surface area contributed by atoms with Crippen LogP contribution in [0.3, 0.4) is 0 Å². The molecule has 0 saturated carbocycles. The average Bonchev–Trinajstić information content (AvgIpc) is 2.44. The average molecular weight is 286 g/mol. The minimum absolute atomic E-state index is 0.132. The molecular weight excluding hydrogens is 271 g/mol. The minimum Gasteiger partial charge on any atom is -0.394 e. The van der Waals surface area contributed by atoms with Crippen molar-refractivity contribution in [2.75, 3.05) is 13.2 Å². The van der Waals surface area contributed by atoms with Crippen molar-refractivity contribution >= 4 is 11.6 Å². The quantitative estimate of drug-likeness (QED) is 0.523. The highest BCUT2D eigenvalue weighted by Crippen LogP contribution is 2.19. The smallest absolute Gasteiger partial charge is 0.304 e. The lowest BCUT2D eigenvalue weighted by molar-refractivity contribution is -0.387. The van der Waals surface area contributed by atoms with Crippen LogP contribution in [0.1, 0.15) is 23.7 Å². The Balaban J connectivity index is 2.99. The van der Waals surface area contributed by atoms with Gasteiger partial charge in [0.25, 0.3) is 5.91 Å². The normalized spacial score (nSPS) is 11.2. The van der Waals surface area contributed by atoms with E-state index in [-0.39, 0.29) is 12.0 Å². The highest BCUT2D eigenvalue weighted by atomic mass is 19.1. The van der Waals surface area contributed by atoms with Crippen molar-refractivity contribution in [2.24, 2.45) is 0 Å². The maximum Gasteiger partial charge on any atom is 0.304 e. The van der Waals surface area contributed by atoms with Gasteiger partial charge < -0.3 is 15.5 Å². The Kier molecular flexibility index (Phi) is 5.12. The van der Waals surface area contributed by atoms with Crippen LogP contribution in [0, 0.1) is 15.9 Å². The number of nitro benzene ring substituents is 1. The Morgan fingerprint density at radius 1 is 1.45 bits per heavy atom. The van der Waals surface area contributed by atoms with Crippen LogP contribution in [-0.4, -0.2) is 39.8 Å². The molecule has 7 nitrogen and oxygen atoms in total. The van der Waals surface area contributed by atoms with Gasteiger partial charge in [-0.05, 0) is 18.6 Å². The number of carbonyl (C=O) groups excluding carboxylic acids is 1. The van der Waals surface area contributed by atoms with Crippen molar-refractivity contribution in [3.8, 4) is 0 Å². The van der Waals surface area contributed by atoms with Crippen LogP contribution in [0.5, 0.6) is 0 Å². The summed E-state index contributed by atoms with van der Waals surface area (Å²) in [5.41, 5.74) is -2.07. The molecule has 1 amide bonds. The number of halogens is 1. The molecule has 20 heavy (non-hydrogen) atoms. The zero-order valence-corrected chi connectivity index (χ0v) is 10.8. The molecule has 110 valence electrons. The van der Waals surface area contributed by atoms with Gasteiger partial charge in [-0.3, -0.25) is 14.9 Å². The molecule has 1 aromatic carbocycles. The fourth-order valence-corrected chi connectivity index (χ4v) is 1.55. The SMILES string of the molecule is CCC(CO)(CO)NC(=O)c1ccc([N+](=O)[O-])c(F)c1. The Hall–Kier alpha value is -2.06. The first-order valence-electron chi connectivity index (χ1n) is 5.87. The maximum absolute atomic E-state index is 13.4. The number of hydrogen-bond donors (Lipinski definition) is 3. The predicted octanol–water partition coefficient (Wildman–Crippen LogP) is 0.597. The van der Waals surface area contributed by atoms with E-state index in [9.17, 15) is 29.5 Å². The molecule has 0 aliphatic carbocycles. The highest BCUT2D eigenvalue weighted by Gasteiger charge is 2.29. The van der Waals surface area contributed by atoms with Gasteiger partial charge in [-0.25, -0.2) is 0 Å². The fourth-order valence-electron chi connectivity index (χ4n) is 1.55. The molecule has 3 N–H and O–H groups in total. The van der Waals surface area contributed by atoms with Crippen molar-refractivity contribution < 1.29 is 24.3 Å². The van der Waals surface area contributed by atoms with E-state index in [0.717, 1.165) is 18.2 Å². The zero-order valence-electron chi connectivity index (χ0n) is 10.8. The molecule has 0 saturated heterocycles. The Bertz CT molecular complexity index is 508. The maximum atomic E-state index is 13.4. The summed E-state index contributed by atoms with van der Waals surface area (Å²) in [4.78, 5) is 21.5. The Morgan fingerprint density at radius 3 is 2.45 bits per heavy atom. The third-order valence-electron chi connectivity index (χ3n) is 3.07. The molecule has 8 heteroatoms. The number of aliphatic hydroxyl groups excluding tert-OH is 2. The zero-order chi connectivity index (χ0) is 15.3. The number of aliphatic hydroxyl groups is 2. The van der Waals surface area contributed by atoms with Gasteiger partial charge in [0.05, 0.1) is 23.7 Å². The lowest BCUT2D eigenvalue weighted by atomic mass is 9.97. The molecule has 0 aliphatic heterocycles. The molecule has 0 aliphatic rings. The molecular formula is C12H15FN2O5. The van der Waals surface area contributed by atoms with Gasteiger partial charge in [0, 0.05) is 11.6 Å². The van der Waals surface area contributed by atoms with Crippen molar-refractivity contribution in [1.82, 2.24) is 5.32 Å². The summed E-state index contributed by atoms with van der Waals surface area (Å²) < 4.78 is 13.4. The van der Waals surface area contributed by atoms with Crippen LogP contribution < -0.4 is 5.32 Å². The summed E-state index contributed by atoms with van der Waals surface area (Å²) >= 11 is 0. The number of nitrogens with zero attached hydrogens (tertiary/aromatic N) is 1. The van der Waals surface area contributed by atoms with Crippen LogP contribution >= 0.6 is 0 Å². The lowest BCUT2D eigenvalue weighted by Gasteiger charge is -2.29. The summed E-state index contributed by atoms with van der Waals surface area (Å²) in [7, 11) is 0. The third-order valence-corrected chi connectivity index (χ3v) is 3.07. The third kappa shape index (κ3) is 3.28. The Morgan fingerprint density at radius 2 is 2.05 bits per heavy atom. The predicted molar refractivity (Wildman–Crippen MR) is 67.7 cm³/mol. The molecule has 1 aromatic rings. The summed E-state index contributed by atoms with van der Waals surface area (Å²) in [5.74, 6) is -1.86. The van der Waals surface area contributed by atoms with E-state index in [1.165, 1.54) is 0 Å². The molecule has 0 fully saturated rings. The van der Waals surface area contributed by atoms with Crippen molar-refractivity contribution in [3.63, 3.8) is 0 Å². The summed E-state index contributed by atoms with van der Waals surface area (Å²) in [5, 5.41) is 31.3. The number of nitrogens with one attached hydrogen (secondary N) is 1. The summed E-state index contributed by atoms with van der Waals surface area (Å²) in [6.07, 6.45) is 0.265. The van der Waals surface area contributed by atoms with E-state index < -0.39 is 41.1 Å².